The van der Waals surface area contributed by atoms with E-state index in [1.54, 1.807) is 11.3 Å². The summed E-state index contributed by atoms with van der Waals surface area (Å²) < 4.78 is 1.24. The van der Waals surface area contributed by atoms with E-state index in [4.69, 9.17) is 5.73 Å². The molecule has 0 saturated carbocycles. The number of amides is 1. The lowest BCUT2D eigenvalue weighted by Crippen LogP contribution is -2.41. The number of primary amides is 1. The van der Waals surface area contributed by atoms with Gasteiger partial charge in [-0.05, 0) is 30.4 Å². The van der Waals surface area contributed by atoms with Crippen LogP contribution in [0.25, 0.3) is 10.1 Å². The minimum atomic E-state index is -0.197. The molecule has 2 aromatic heterocycles. The SMILES string of the molecule is NC(=O)C1CCCN(c2nccc3sccc23)C1. The van der Waals surface area contributed by atoms with Gasteiger partial charge in [0, 0.05) is 29.4 Å². The van der Waals surface area contributed by atoms with Crippen LogP contribution in [0.1, 0.15) is 12.8 Å². The number of anilines is 1. The maximum Gasteiger partial charge on any atom is 0.222 e. The molecule has 18 heavy (non-hydrogen) atoms. The number of nitrogens with zero attached hydrogens (tertiary/aromatic N) is 2. The van der Waals surface area contributed by atoms with Gasteiger partial charge in [-0.3, -0.25) is 4.79 Å². The Balaban J connectivity index is 1.94. The van der Waals surface area contributed by atoms with Crippen molar-refractivity contribution in [2.75, 3.05) is 18.0 Å². The van der Waals surface area contributed by atoms with E-state index in [0.717, 1.165) is 25.2 Å². The van der Waals surface area contributed by atoms with Crippen LogP contribution in [-0.2, 0) is 4.79 Å². The molecule has 5 heteroatoms. The molecule has 4 nitrogen and oxygen atoms in total. The van der Waals surface area contributed by atoms with Gasteiger partial charge in [-0.15, -0.1) is 11.3 Å². The lowest BCUT2D eigenvalue weighted by molar-refractivity contribution is -0.122. The average molecular weight is 261 g/mol. The lowest BCUT2D eigenvalue weighted by Gasteiger charge is -2.32. The van der Waals surface area contributed by atoms with Crippen LogP contribution in [0.15, 0.2) is 23.7 Å². The molecule has 1 saturated heterocycles. The normalized spacial score (nSPS) is 20.2. The summed E-state index contributed by atoms with van der Waals surface area (Å²) in [6, 6.07) is 4.12. The van der Waals surface area contributed by atoms with Gasteiger partial charge in [0.05, 0.1) is 5.92 Å². The van der Waals surface area contributed by atoms with Crippen molar-refractivity contribution in [1.82, 2.24) is 4.98 Å². The lowest BCUT2D eigenvalue weighted by atomic mass is 9.97. The van der Waals surface area contributed by atoms with Crippen LogP contribution in [0.4, 0.5) is 5.82 Å². The first kappa shape index (κ1) is 11.5. The molecule has 3 rings (SSSR count). The summed E-state index contributed by atoms with van der Waals surface area (Å²) in [5.41, 5.74) is 5.42. The summed E-state index contributed by atoms with van der Waals surface area (Å²) in [6.45, 7) is 1.64. The largest absolute Gasteiger partial charge is 0.369 e. The summed E-state index contributed by atoms with van der Waals surface area (Å²) in [6.07, 6.45) is 3.73. The number of carbonyl (C=O) groups is 1. The van der Waals surface area contributed by atoms with Crippen LogP contribution in [0.3, 0.4) is 0 Å². The van der Waals surface area contributed by atoms with E-state index in [0.29, 0.717) is 6.54 Å². The number of hydrogen-bond donors (Lipinski definition) is 1. The second kappa shape index (κ2) is 4.57. The Hall–Kier alpha value is -1.62. The molecule has 1 atom stereocenters. The highest BCUT2D eigenvalue weighted by molar-refractivity contribution is 7.17. The number of fused-ring (bicyclic) bond motifs is 1. The molecule has 1 aliphatic heterocycles. The molecule has 0 bridgehead atoms. The van der Waals surface area contributed by atoms with Gasteiger partial charge in [-0.1, -0.05) is 0 Å². The number of pyridine rings is 1. The third-order valence-corrected chi connectivity index (χ3v) is 4.36. The van der Waals surface area contributed by atoms with Crippen molar-refractivity contribution >= 4 is 33.1 Å². The van der Waals surface area contributed by atoms with Crippen LogP contribution < -0.4 is 10.6 Å². The monoisotopic (exact) mass is 261 g/mol. The Kier molecular flexibility index (Phi) is 2.91. The predicted octanol–water partition coefficient (Wildman–Crippen LogP) is 2.00. The fraction of sp³-hybridized carbons (Fsp3) is 0.385. The average Bonchev–Trinajstić information content (AvgIpc) is 2.87. The summed E-state index contributed by atoms with van der Waals surface area (Å²) in [4.78, 5) is 18.0. The summed E-state index contributed by atoms with van der Waals surface area (Å²) in [5, 5.41) is 3.25. The molecule has 2 N–H and O–H groups in total. The number of nitrogens with two attached hydrogens (primary N) is 1. The van der Waals surface area contributed by atoms with E-state index in [2.05, 4.69) is 21.3 Å². The molecule has 1 amide bonds. The van der Waals surface area contributed by atoms with Crippen LogP contribution in [-0.4, -0.2) is 24.0 Å². The van der Waals surface area contributed by atoms with E-state index >= 15 is 0 Å². The van der Waals surface area contributed by atoms with Crippen LogP contribution in [0.5, 0.6) is 0 Å². The van der Waals surface area contributed by atoms with Crippen molar-refractivity contribution in [3.63, 3.8) is 0 Å². The molecule has 1 aliphatic rings. The van der Waals surface area contributed by atoms with Crippen molar-refractivity contribution < 1.29 is 4.79 Å². The predicted molar refractivity (Wildman–Crippen MR) is 73.8 cm³/mol. The summed E-state index contributed by atoms with van der Waals surface area (Å²) in [5.74, 6) is 0.742. The molecular formula is C13H15N3OS. The molecule has 1 unspecified atom stereocenters. The second-order valence-corrected chi connectivity index (χ2v) is 5.60. The molecular weight excluding hydrogens is 246 g/mol. The highest BCUT2D eigenvalue weighted by atomic mass is 32.1. The Morgan fingerprint density at radius 3 is 3.22 bits per heavy atom. The van der Waals surface area contributed by atoms with Crippen LogP contribution in [0, 0.1) is 5.92 Å². The Labute approximate surface area is 109 Å². The molecule has 0 radical (unpaired) electrons. The third-order valence-electron chi connectivity index (χ3n) is 3.48. The zero-order chi connectivity index (χ0) is 12.5. The van der Waals surface area contributed by atoms with Gasteiger partial charge < -0.3 is 10.6 Å². The van der Waals surface area contributed by atoms with Crippen molar-refractivity contribution in [3.8, 4) is 0 Å². The first-order chi connectivity index (χ1) is 8.75. The van der Waals surface area contributed by atoms with Crippen molar-refractivity contribution in [2.45, 2.75) is 12.8 Å². The van der Waals surface area contributed by atoms with Gasteiger partial charge in [0.1, 0.15) is 5.82 Å². The topological polar surface area (TPSA) is 59.2 Å². The highest BCUT2D eigenvalue weighted by Crippen LogP contribution is 2.30. The van der Waals surface area contributed by atoms with Crippen molar-refractivity contribution in [1.29, 1.82) is 0 Å². The highest BCUT2D eigenvalue weighted by Gasteiger charge is 2.25. The third kappa shape index (κ3) is 1.95. The van der Waals surface area contributed by atoms with Crippen molar-refractivity contribution in [2.24, 2.45) is 11.7 Å². The molecule has 3 heterocycles. The minimum Gasteiger partial charge on any atom is -0.369 e. The molecule has 94 valence electrons. The standard InChI is InChI=1S/C13H15N3OS/c14-12(17)9-2-1-6-16(8-9)13-10-4-7-18-11(10)3-5-15-13/h3-5,7,9H,1-2,6,8H2,(H2,14,17). The van der Waals surface area contributed by atoms with Gasteiger partial charge in [0.15, 0.2) is 0 Å². The number of carbonyl (C=O) groups excluding carboxylic acids is 1. The summed E-state index contributed by atoms with van der Waals surface area (Å²) in [7, 11) is 0. The Morgan fingerprint density at radius 2 is 2.39 bits per heavy atom. The van der Waals surface area contributed by atoms with Crippen LogP contribution >= 0.6 is 11.3 Å². The van der Waals surface area contributed by atoms with Crippen molar-refractivity contribution in [3.05, 3.63) is 23.7 Å². The maximum atomic E-state index is 11.3. The van der Waals surface area contributed by atoms with Crippen LogP contribution in [0.2, 0.25) is 0 Å². The Bertz CT molecular complexity index is 580. The number of aromatic nitrogens is 1. The number of thiophene rings is 1. The number of hydrogen-bond acceptors (Lipinski definition) is 4. The van der Waals surface area contributed by atoms with Gasteiger partial charge >= 0.3 is 0 Å². The zero-order valence-electron chi connectivity index (χ0n) is 10.0. The first-order valence-electron chi connectivity index (χ1n) is 6.12. The maximum absolute atomic E-state index is 11.3. The fourth-order valence-corrected chi connectivity index (χ4v) is 3.31. The van der Waals surface area contributed by atoms with Gasteiger partial charge in [-0.2, -0.15) is 0 Å². The number of piperidine rings is 1. The molecule has 0 aliphatic carbocycles. The minimum absolute atomic E-state index is 0.0468. The molecule has 1 fully saturated rings. The second-order valence-electron chi connectivity index (χ2n) is 4.65. The zero-order valence-corrected chi connectivity index (χ0v) is 10.8. The molecule has 2 aromatic rings. The van der Waals surface area contributed by atoms with E-state index in [1.165, 1.54) is 10.1 Å². The van der Waals surface area contributed by atoms with E-state index in [1.807, 2.05) is 12.3 Å². The van der Waals surface area contributed by atoms with E-state index in [-0.39, 0.29) is 11.8 Å². The van der Waals surface area contributed by atoms with E-state index < -0.39 is 0 Å². The van der Waals surface area contributed by atoms with Gasteiger partial charge in [0.25, 0.3) is 0 Å². The molecule has 0 aromatic carbocycles. The van der Waals surface area contributed by atoms with E-state index in [9.17, 15) is 4.79 Å². The quantitative estimate of drug-likeness (QED) is 0.899. The summed E-state index contributed by atoms with van der Waals surface area (Å²) >= 11 is 1.71. The molecule has 0 spiro atoms. The van der Waals surface area contributed by atoms with Gasteiger partial charge in [0.2, 0.25) is 5.91 Å². The first-order valence-corrected chi connectivity index (χ1v) is 7.00. The fourth-order valence-electron chi connectivity index (χ4n) is 2.53. The smallest absolute Gasteiger partial charge is 0.222 e. The Morgan fingerprint density at radius 1 is 1.50 bits per heavy atom. The number of rotatable bonds is 2. The van der Waals surface area contributed by atoms with Gasteiger partial charge in [-0.25, -0.2) is 4.98 Å².